The van der Waals surface area contributed by atoms with Crippen molar-refractivity contribution in [2.24, 2.45) is 0 Å². The topological polar surface area (TPSA) is 65.8 Å². The number of hydrogen-bond donors (Lipinski definition) is 1. The Hall–Kier alpha value is -2.88. The molecule has 2 rings (SSSR count). The van der Waals surface area contributed by atoms with Crippen molar-refractivity contribution in [1.82, 2.24) is 4.98 Å². The van der Waals surface area contributed by atoms with Crippen LogP contribution in [0.25, 0.3) is 0 Å². The molecule has 1 amide bonds. The molecule has 0 bridgehead atoms. The minimum Gasteiger partial charge on any atom is -0.321 e. The van der Waals surface area contributed by atoms with E-state index in [1.807, 2.05) is 0 Å². The average molecular weight is 291 g/mol. The molecule has 0 fully saturated rings. The largest absolute Gasteiger partial charge is 0.416 e. The maximum absolute atomic E-state index is 12.6. The van der Waals surface area contributed by atoms with Gasteiger partial charge in [-0.05, 0) is 30.3 Å². The molecule has 1 aromatic heterocycles. The Kier molecular flexibility index (Phi) is 3.89. The number of aromatic nitrogens is 1. The van der Waals surface area contributed by atoms with Crippen molar-refractivity contribution >= 4 is 11.6 Å². The fourth-order valence-electron chi connectivity index (χ4n) is 1.62. The van der Waals surface area contributed by atoms with Crippen LogP contribution in [0.4, 0.5) is 18.9 Å². The lowest BCUT2D eigenvalue weighted by atomic mass is 10.1. The lowest BCUT2D eigenvalue weighted by molar-refractivity contribution is -0.137. The first kappa shape index (κ1) is 14.5. The van der Waals surface area contributed by atoms with Crippen molar-refractivity contribution in [3.05, 3.63) is 59.4 Å². The van der Waals surface area contributed by atoms with Crippen molar-refractivity contribution in [2.45, 2.75) is 6.18 Å². The molecule has 0 saturated carbocycles. The third kappa shape index (κ3) is 3.36. The highest BCUT2D eigenvalue weighted by Crippen LogP contribution is 2.31. The highest BCUT2D eigenvalue weighted by molar-refractivity contribution is 6.04. The lowest BCUT2D eigenvalue weighted by Gasteiger charge is -2.10. The Bertz CT molecular complexity index is 706. The second-order valence-electron chi connectivity index (χ2n) is 4.06. The number of halogens is 3. The Morgan fingerprint density at radius 1 is 1.19 bits per heavy atom. The molecule has 0 saturated heterocycles. The van der Waals surface area contributed by atoms with Crippen molar-refractivity contribution in [3.63, 3.8) is 0 Å². The molecular formula is C14H8F3N3O. The van der Waals surface area contributed by atoms with Crippen LogP contribution in [0.1, 0.15) is 21.5 Å². The first-order valence-corrected chi connectivity index (χ1v) is 5.74. The van der Waals surface area contributed by atoms with Crippen LogP contribution in [0.5, 0.6) is 0 Å². The van der Waals surface area contributed by atoms with Gasteiger partial charge in [0.1, 0.15) is 6.07 Å². The number of nitriles is 1. The summed E-state index contributed by atoms with van der Waals surface area (Å²) in [5.74, 6) is -0.534. The smallest absolute Gasteiger partial charge is 0.321 e. The summed E-state index contributed by atoms with van der Waals surface area (Å²) in [5.41, 5.74) is -0.894. The van der Waals surface area contributed by atoms with Gasteiger partial charge < -0.3 is 5.32 Å². The maximum Gasteiger partial charge on any atom is 0.416 e. The highest BCUT2D eigenvalue weighted by Gasteiger charge is 2.31. The fourth-order valence-corrected chi connectivity index (χ4v) is 1.62. The molecule has 0 spiro atoms. The zero-order valence-electron chi connectivity index (χ0n) is 10.5. The highest BCUT2D eigenvalue weighted by atomic mass is 19.4. The standard InChI is InChI=1S/C14H8F3N3O/c15-14(16,17)11-1-2-12(10(7-11)8-18)20-13(21)9-3-5-19-6-4-9/h1-7H,(H,20,21). The number of nitrogens with one attached hydrogen (secondary N) is 1. The average Bonchev–Trinajstić information content (AvgIpc) is 2.47. The molecule has 21 heavy (non-hydrogen) atoms. The summed E-state index contributed by atoms with van der Waals surface area (Å²) in [6.45, 7) is 0. The summed E-state index contributed by atoms with van der Waals surface area (Å²) in [4.78, 5) is 15.6. The van der Waals surface area contributed by atoms with E-state index in [0.717, 1.165) is 12.1 Å². The summed E-state index contributed by atoms with van der Waals surface area (Å²) in [6.07, 6.45) is -1.72. The van der Waals surface area contributed by atoms with Gasteiger partial charge in [0.05, 0.1) is 16.8 Å². The zero-order valence-corrected chi connectivity index (χ0v) is 10.5. The minimum atomic E-state index is -4.54. The van der Waals surface area contributed by atoms with Crippen molar-refractivity contribution in [3.8, 4) is 6.07 Å². The van der Waals surface area contributed by atoms with Gasteiger partial charge in [0.25, 0.3) is 5.91 Å². The summed E-state index contributed by atoms with van der Waals surface area (Å²) < 4.78 is 37.7. The van der Waals surface area contributed by atoms with E-state index in [1.54, 1.807) is 6.07 Å². The number of hydrogen-bond acceptors (Lipinski definition) is 3. The van der Waals surface area contributed by atoms with Gasteiger partial charge in [-0.3, -0.25) is 9.78 Å². The molecular weight excluding hydrogens is 283 g/mol. The van der Waals surface area contributed by atoms with E-state index in [4.69, 9.17) is 5.26 Å². The van der Waals surface area contributed by atoms with Crippen molar-refractivity contribution in [2.75, 3.05) is 5.32 Å². The van der Waals surface area contributed by atoms with E-state index < -0.39 is 17.6 Å². The van der Waals surface area contributed by atoms with Gasteiger partial charge in [-0.2, -0.15) is 18.4 Å². The van der Waals surface area contributed by atoms with Crippen LogP contribution in [-0.4, -0.2) is 10.9 Å². The Morgan fingerprint density at radius 3 is 2.43 bits per heavy atom. The van der Waals surface area contributed by atoms with Gasteiger partial charge >= 0.3 is 6.18 Å². The van der Waals surface area contributed by atoms with E-state index in [2.05, 4.69) is 10.3 Å². The molecule has 106 valence electrons. The normalized spacial score (nSPS) is 10.8. The summed E-state index contributed by atoms with van der Waals surface area (Å²) in [7, 11) is 0. The van der Waals surface area contributed by atoms with E-state index >= 15 is 0 Å². The van der Waals surface area contributed by atoms with Crippen LogP contribution >= 0.6 is 0 Å². The summed E-state index contributed by atoms with van der Waals surface area (Å²) >= 11 is 0. The molecule has 1 N–H and O–H groups in total. The van der Waals surface area contributed by atoms with E-state index in [1.165, 1.54) is 24.5 Å². The number of pyridine rings is 1. The van der Waals surface area contributed by atoms with Crippen LogP contribution < -0.4 is 5.32 Å². The van der Waals surface area contributed by atoms with Gasteiger partial charge in [0, 0.05) is 18.0 Å². The molecule has 1 aromatic carbocycles. The number of amides is 1. The number of anilines is 1. The van der Waals surface area contributed by atoms with Crippen LogP contribution in [0.15, 0.2) is 42.7 Å². The van der Waals surface area contributed by atoms with Crippen molar-refractivity contribution in [1.29, 1.82) is 5.26 Å². The Morgan fingerprint density at radius 2 is 1.86 bits per heavy atom. The zero-order chi connectivity index (χ0) is 15.5. The predicted octanol–water partition coefficient (Wildman–Crippen LogP) is 3.22. The lowest BCUT2D eigenvalue weighted by Crippen LogP contribution is -2.14. The first-order chi connectivity index (χ1) is 9.91. The number of carbonyl (C=O) groups excluding carboxylic acids is 1. The van der Waals surface area contributed by atoms with E-state index in [-0.39, 0.29) is 16.8 Å². The van der Waals surface area contributed by atoms with Gasteiger partial charge in [0.15, 0.2) is 0 Å². The minimum absolute atomic E-state index is 0.0207. The first-order valence-electron chi connectivity index (χ1n) is 5.74. The van der Waals surface area contributed by atoms with Crippen LogP contribution in [0, 0.1) is 11.3 Å². The van der Waals surface area contributed by atoms with Gasteiger partial charge in [-0.1, -0.05) is 0 Å². The van der Waals surface area contributed by atoms with Crippen LogP contribution in [0.3, 0.4) is 0 Å². The fraction of sp³-hybridized carbons (Fsp3) is 0.0714. The monoisotopic (exact) mass is 291 g/mol. The number of rotatable bonds is 2. The van der Waals surface area contributed by atoms with Gasteiger partial charge in [-0.25, -0.2) is 0 Å². The van der Waals surface area contributed by atoms with Gasteiger partial charge in [0.2, 0.25) is 0 Å². The quantitative estimate of drug-likeness (QED) is 0.923. The molecule has 1 heterocycles. The number of nitrogens with zero attached hydrogens (tertiary/aromatic N) is 2. The molecule has 0 aliphatic carbocycles. The number of alkyl halides is 3. The molecule has 2 aromatic rings. The van der Waals surface area contributed by atoms with Crippen molar-refractivity contribution < 1.29 is 18.0 Å². The molecule has 0 aliphatic rings. The number of carbonyl (C=O) groups is 1. The maximum atomic E-state index is 12.6. The summed E-state index contributed by atoms with van der Waals surface area (Å²) in [5, 5.41) is 11.3. The second kappa shape index (κ2) is 5.63. The van der Waals surface area contributed by atoms with Crippen LogP contribution in [-0.2, 0) is 6.18 Å². The number of benzene rings is 1. The Labute approximate surface area is 117 Å². The molecule has 0 aliphatic heterocycles. The molecule has 0 atom stereocenters. The third-order valence-electron chi connectivity index (χ3n) is 2.66. The third-order valence-corrected chi connectivity index (χ3v) is 2.66. The molecule has 0 radical (unpaired) electrons. The van der Waals surface area contributed by atoms with Gasteiger partial charge in [-0.15, -0.1) is 0 Å². The molecule has 7 heteroatoms. The molecule has 4 nitrogen and oxygen atoms in total. The molecule has 0 unspecified atom stereocenters. The SMILES string of the molecule is N#Cc1cc(C(F)(F)F)ccc1NC(=O)c1ccncc1. The van der Waals surface area contributed by atoms with E-state index in [9.17, 15) is 18.0 Å². The van der Waals surface area contributed by atoms with E-state index in [0.29, 0.717) is 6.07 Å². The van der Waals surface area contributed by atoms with Crippen LogP contribution in [0.2, 0.25) is 0 Å². The second-order valence-corrected chi connectivity index (χ2v) is 4.06. The predicted molar refractivity (Wildman–Crippen MR) is 68.3 cm³/mol. The summed E-state index contributed by atoms with van der Waals surface area (Å²) in [6, 6.07) is 7.10. The Balaban J connectivity index is 2.29.